The molecule has 0 saturated carbocycles. The van der Waals surface area contributed by atoms with Gasteiger partial charge in [0.25, 0.3) is 5.91 Å². The number of benzene rings is 1. The lowest BCUT2D eigenvalue weighted by Crippen LogP contribution is -2.51. The van der Waals surface area contributed by atoms with Gasteiger partial charge < -0.3 is 9.64 Å². The van der Waals surface area contributed by atoms with Crippen molar-refractivity contribution in [1.82, 2.24) is 9.21 Å². The van der Waals surface area contributed by atoms with Gasteiger partial charge in [0.05, 0.1) is 6.26 Å². The topological polar surface area (TPSA) is 84.0 Å². The zero-order valence-electron chi connectivity index (χ0n) is 15.1. The third-order valence-electron chi connectivity index (χ3n) is 4.32. The number of ether oxygens (including phenoxy) is 1. The number of piperazine rings is 1. The fourth-order valence-electron chi connectivity index (χ4n) is 2.78. The number of halogens is 1. The minimum Gasteiger partial charge on any atom is -0.451 e. The molecule has 1 fully saturated rings. The zero-order chi connectivity index (χ0) is 20.3. The van der Waals surface area contributed by atoms with Gasteiger partial charge in [0.1, 0.15) is 10.7 Å². The summed E-state index contributed by atoms with van der Waals surface area (Å²) in [5.74, 6) is -1.31. The van der Waals surface area contributed by atoms with E-state index in [-0.39, 0.29) is 37.9 Å². The molecule has 1 saturated heterocycles. The van der Waals surface area contributed by atoms with Crippen molar-refractivity contribution in [3.63, 3.8) is 0 Å². The molecule has 0 atom stereocenters. The molecule has 10 heteroatoms. The number of rotatable bonds is 5. The molecule has 0 aliphatic carbocycles. The largest absolute Gasteiger partial charge is 0.451 e. The molecule has 1 aliphatic heterocycles. The van der Waals surface area contributed by atoms with E-state index in [0.717, 1.165) is 16.7 Å². The first-order chi connectivity index (χ1) is 13.2. The first-order valence-corrected chi connectivity index (χ1v) is 11.2. The van der Waals surface area contributed by atoms with Gasteiger partial charge in [-0.15, -0.1) is 11.3 Å². The molecule has 0 bridgehead atoms. The summed E-state index contributed by atoms with van der Waals surface area (Å²) in [6.45, 7) is 0.574. The summed E-state index contributed by atoms with van der Waals surface area (Å²) in [6, 6.07) is 9.26. The summed E-state index contributed by atoms with van der Waals surface area (Å²) in [5.41, 5.74) is 0.783. The number of carbonyl (C=O) groups excluding carboxylic acids is 2. The zero-order valence-corrected chi connectivity index (χ0v) is 16.8. The standard InChI is InChI=1S/C18H19FN2O5S2/c1-28(24,25)21-10-8-20(9-11-21)17(22)12-26-18(23)16-7-6-15(27-16)13-2-4-14(19)5-3-13/h2-7H,8-12H2,1H3. The molecule has 1 amide bonds. The molecule has 1 aromatic heterocycles. The lowest BCUT2D eigenvalue weighted by molar-refractivity contribution is -0.135. The summed E-state index contributed by atoms with van der Waals surface area (Å²) in [6.07, 6.45) is 1.13. The molecular weight excluding hydrogens is 407 g/mol. The number of hydrogen-bond donors (Lipinski definition) is 0. The van der Waals surface area contributed by atoms with Crippen LogP contribution in [0.2, 0.25) is 0 Å². The third kappa shape index (κ3) is 4.94. The molecule has 7 nitrogen and oxygen atoms in total. The van der Waals surface area contributed by atoms with Gasteiger partial charge in [0.15, 0.2) is 6.61 Å². The van der Waals surface area contributed by atoms with E-state index >= 15 is 0 Å². The minimum absolute atomic E-state index is 0.227. The molecule has 1 aliphatic rings. The molecule has 0 N–H and O–H groups in total. The molecule has 28 heavy (non-hydrogen) atoms. The van der Waals surface area contributed by atoms with Crippen LogP contribution in [0.1, 0.15) is 9.67 Å². The third-order valence-corrected chi connectivity index (χ3v) is 6.74. The van der Waals surface area contributed by atoms with Crippen molar-refractivity contribution >= 4 is 33.2 Å². The highest BCUT2D eigenvalue weighted by Gasteiger charge is 2.26. The molecule has 0 radical (unpaired) electrons. The SMILES string of the molecule is CS(=O)(=O)N1CCN(C(=O)COC(=O)c2ccc(-c3ccc(F)cc3)s2)CC1. The van der Waals surface area contributed by atoms with E-state index < -0.39 is 22.6 Å². The average Bonchev–Trinajstić information content (AvgIpc) is 3.16. The maximum absolute atomic E-state index is 13.0. The molecule has 0 spiro atoms. The van der Waals surface area contributed by atoms with E-state index in [2.05, 4.69) is 0 Å². The van der Waals surface area contributed by atoms with Crippen LogP contribution in [0.4, 0.5) is 4.39 Å². The monoisotopic (exact) mass is 426 g/mol. The van der Waals surface area contributed by atoms with Crippen molar-refractivity contribution in [2.24, 2.45) is 0 Å². The molecule has 0 unspecified atom stereocenters. The maximum atomic E-state index is 13.0. The van der Waals surface area contributed by atoms with Crippen molar-refractivity contribution in [3.05, 3.63) is 47.1 Å². The van der Waals surface area contributed by atoms with Crippen molar-refractivity contribution in [2.75, 3.05) is 39.0 Å². The van der Waals surface area contributed by atoms with Crippen LogP contribution in [0.5, 0.6) is 0 Å². The van der Waals surface area contributed by atoms with E-state index in [1.165, 1.54) is 32.7 Å². The Morgan fingerprint density at radius 3 is 2.32 bits per heavy atom. The molecule has 150 valence electrons. The molecular formula is C18H19FN2O5S2. The van der Waals surface area contributed by atoms with Crippen LogP contribution in [-0.2, 0) is 19.6 Å². The Kier molecular flexibility index (Phi) is 6.11. The Balaban J connectivity index is 1.52. The number of sulfonamides is 1. The number of amides is 1. The van der Waals surface area contributed by atoms with E-state index in [9.17, 15) is 22.4 Å². The van der Waals surface area contributed by atoms with Gasteiger partial charge in [-0.3, -0.25) is 4.79 Å². The van der Waals surface area contributed by atoms with Gasteiger partial charge in [0.2, 0.25) is 10.0 Å². The first kappa shape index (κ1) is 20.4. The first-order valence-electron chi connectivity index (χ1n) is 8.50. The van der Waals surface area contributed by atoms with E-state index in [4.69, 9.17) is 4.74 Å². The number of nitrogens with zero attached hydrogens (tertiary/aromatic N) is 2. The lowest BCUT2D eigenvalue weighted by atomic mass is 10.2. The van der Waals surface area contributed by atoms with Gasteiger partial charge in [-0.05, 0) is 29.8 Å². The van der Waals surface area contributed by atoms with Crippen LogP contribution in [0.15, 0.2) is 36.4 Å². The molecule has 2 heterocycles. The molecule has 2 aromatic rings. The Labute approximate surface area is 166 Å². The van der Waals surface area contributed by atoms with Crippen LogP contribution in [0, 0.1) is 5.82 Å². The fourth-order valence-corrected chi connectivity index (χ4v) is 4.51. The summed E-state index contributed by atoms with van der Waals surface area (Å²) in [5, 5.41) is 0. The highest BCUT2D eigenvalue weighted by molar-refractivity contribution is 7.88. The van der Waals surface area contributed by atoms with Crippen molar-refractivity contribution in [2.45, 2.75) is 0 Å². The van der Waals surface area contributed by atoms with Crippen LogP contribution in [0.3, 0.4) is 0 Å². The van der Waals surface area contributed by atoms with Crippen LogP contribution in [0.25, 0.3) is 10.4 Å². The predicted molar refractivity (Wildman–Crippen MR) is 103 cm³/mol. The van der Waals surface area contributed by atoms with Gasteiger partial charge >= 0.3 is 5.97 Å². The average molecular weight is 426 g/mol. The molecule has 1 aromatic carbocycles. The lowest BCUT2D eigenvalue weighted by Gasteiger charge is -2.33. The smallest absolute Gasteiger partial charge is 0.348 e. The second-order valence-corrected chi connectivity index (χ2v) is 9.36. The highest BCUT2D eigenvalue weighted by atomic mass is 32.2. The number of carbonyl (C=O) groups is 2. The number of thiophene rings is 1. The predicted octanol–water partition coefficient (Wildman–Crippen LogP) is 1.81. The molecule has 3 rings (SSSR count). The summed E-state index contributed by atoms with van der Waals surface area (Å²) in [4.78, 5) is 27.0. The number of esters is 1. The highest BCUT2D eigenvalue weighted by Crippen LogP contribution is 2.28. The van der Waals surface area contributed by atoms with Crippen molar-refractivity contribution in [1.29, 1.82) is 0 Å². The summed E-state index contributed by atoms with van der Waals surface area (Å²) in [7, 11) is -3.27. The normalized spacial score (nSPS) is 15.4. The Morgan fingerprint density at radius 2 is 1.71 bits per heavy atom. The van der Waals surface area contributed by atoms with Gasteiger partial charge in [0, 0.05) is 31.1 Å². The maximum Gasteiger partial charge on any atom is 0.348 e. The minimum atomic E-state index is -3.27. The summed E-state index contributed by atoms with van der Waals surface area (Å²) >= 11 is 1.19. The van der Waals surface area contributed by atoms with Crippen molar-refractivity contribution in [3.8, 4) is 10.4 Å². The van der Waals surface area contributed by atoms with Gasteiger partial charge in [-0.2, -0.15) is 4.31 Å². The Morgan fingerprint density at radius 1 is 1.07 bits per heavy atom. The van der Waals surface area contributed by atoms with E-state index in [1.54, 1.807) is 24.3 Å². The van der Waals surface area contributed by atoms with Crippen LogP contribution >= 0.6 is 11.3 Å². The number of hydrogen-bond acceptors (Lipinski definition) is 6. The quantitative estimate of drug-likeness (QED) is 0.681. The van der Waals surface area contributed by atoms with E-state index in [0.29, 0.717) is 4.88 Å². The summed E-state index contributed by atoms with van der Waals surface area (Å²) < 4.78 is 42.4. The fraction of sp³-hybridized carbons (Fsp3) is 0.333. The van der Waals surface area contributed by atoms with Crippen LogP contribution < -0.4 is 0 Å². The van der Waals surface area contributed by atoms with Gasteiger partial charge in [-0.1, -0.05) is 12.1 Å². The Bertz CT molecular complexity index is 964. The second-order valence-electron chi connectivity index (χ2n) is 6.29. The second kappa shape index (κ2) is 8.38. The van der Waals surface area contributed by atoms with Gasteiger partial charge in [-0.25, -0.2) is 17.6 Å². The van der Waals surface area contributed by atoms with Crippen LogP contribution in [-0.4, -0.2) is 68.5 Å². The Hall–Kier alpha value is -2.30. The van der Waals surface area contributed by atoms with E-state index in [1.807, 2.05) is 0 Å². The van der Waals surface area contributed by atoms with Crippen molar-refractivity contribution < 1.29 is 27.1 Å².